The van der Waals surface area contributed by atoms with Gasteiger partial charge in [-0.05, 0) is 38.0 Å². The van der Waals surface area contributed by atoms with Crippen LogP contribution in [0.25, 0.3) is 11.0 Å². The summed E-state index contributed by atoms with van der Waals surface area (Å²) in [5.41, 5.74) is 4.06. The lowest BCUT2D eigenvalue weighted by Crippen LogP contribution is -2.25. The van der Waals surface area contributed by atoms with Crippen LogP contribution in [0.4, 0.5) is 0 Å². The molecule has 3 rings (SSSR count). The largest absolute Gasteiger partial charge is 0.451 e. The Balaban J connectivity index is 1.65. The van der Waals surface area contributed by atoms with Crippen molar-refractivity contribution in [2.75, 3.05) is 6.54 Å². The molecule has 2 heterocycles. The fourth-order valence-corrected chi connectivity index (χ4v) is 2.66. The van der Waals surface area contributed by atoms with E-state index < -0.39 is 0 Å². The normalized spacial score (nSPS) is 11.0. The molecule has 22 heavy (non-hydrogen) atoms. The Bertz CT molecular complexity index is 797. The minimum absolute atomic E-state index is 0.185. The summed E-state index contributed by atoms with van der Waals surface area (Å²) < 4.78 is 7.42. The molecule has 0 unspecified atom stereocenters. The Morgan fingerprint density at radius 1 is 1.32 bits per heavy atom. The van der Waals surface area contributed by atoms with Crippen LogP contribution in [0.5, 0.6) is 0 Å². The van der Waals surface area contributed by atoms with Gasteiger partial charge in [-0.1, -0.05) is 18.2 Å². The predicted octanol–water partition coefficient (Wildman–Crippen LogP) is 2.76. The number of fused-ring (bicyclic) bond motifs is 1. The average Bonchev–Trinajstić information content (AvgIpc) is 3.03. The lowest BCUT2D eigenvalue weighted by atomic mass is 10.1. The van der Waals surface area contributed by atoms with Gasteiger partial charge in [0.1, 0.15) is 5.58 Å². The van der Waals surface area contributed by atoms with E-state index >= 15 is 0 Å². The smallest absolute Gasteiger partial charge is 0.287 e. The fraction of sp³-hybridized carbons (Fsp3) is 0.294. The molecule has 2 aromatic heterocycles. The summed E-state index contributed by atoms with van der Waals surface area (Å²) in [6.45, 7) is 4.59. The Kier molecular flexibility index (Phi) is 3.71. The van der Waals surface area contributed by atoms with Crippen molar-refractivity contribution in [1.29, 1.82) is 0 Å². The minimum Gasteiger partial charge on any atom is -0.451 e. The third-order valence-electron chi connectivity index (χ3n) is 3.97. The Morgan fingerprint density at radius 2 is 2.09 bits per heavy atom. The number of carbonyl (C=O) groups is 1. The van der Waals surface area contributed by atoms with E-state index in [2.05, 4.69) is 10.4 Å². The molecule has 0 aliphatic heterocycles. The van der Waals surface area contributed by atoms with Crippen LogP contribution in [0.15, 0.2) is 34.7 Å². The topological polar surface area (TPSA) is 60.1 Å². The second-order valence-electron chi connectivity index (χ2n) is 5.43. The first kappa shape index (κ1) is 14.4. The number of aryl methyl sites for hydroxylation is 2. The van der Waals surface area contributed by atoms with Crippen LogP contribution in [-0.2, 0) is 13.5 Å². The molecular formula is C17H19N3O2. The van der Waals surface area contributed by atoms with E-state index in [0.29, 0.717) is 12.3 Å². The van der Waals surface area contributed by atoms with Gasteiger partial charge in [0.05, 0.1) is 5.69 Å². The van der Waals surface area contributed by atoms with E-state index in [1.165, 1.54) is 5.56 Å². The molecule has 0 saturated carbocycles. The maximum absolute atomic E-state index is 12.2. The highest BCUT2D eigenvalue weighted by Gasteiger charge is 2.13. The molecule has 3 aromatic rings. The lowest BCUT2D eigenvalue weighted by Gasteiger charge is -2.04. The summed E-state index contributed by atoms with van der Waals surface area (Å²) in [5.74, 6) is 0.163. The van der Waals surface area contributed by atoms with Crippen molar-refractivity contribution in [2.24, 2.45) is 7.05 Å². The van der Waals surface area contributed by atoms with Gasteiger partial charge in [-0.3, -0.25) is 9.48 Å². The minimum atomic E-state index is -0.185. The van der Waals surface area contributed by atoms with E-state index in [9.17, 15) is 4.79 Å². The maximum atomic E-state index is 12.2. The summed E-state index contributed by atoms with van der Waals surface area (Å²) in [7, 11) is 1.93. The summed E-state index contributed by atoms with van der Waals surface area (Å²) in [6.07, 6.45) is 0.761. The Labute approximate surface area is 128 Å². The fourth-order valence-electron chi connectivity index (χ4n) is 2.66. The van der Waals surface area contributed by atoms with Crippen LogP contribution in [0.1, 0.15) is 27.5 Å². The molecule has 0 bridgehead atoms. The van der Waals surface area contributed by atoms with Gasteiger partial charge in [-0.15, -0.1) is 0 Å². The molecule has 0 radical (unpaired) electrons. The van der Waals surface area contributed by atoms with Gasteiger partial charge in [-0.25, -0.2) is 0 Å². The molecule has 0 atom stereocenters. The SMILES string of the molecule is Cc1nn(C)c(C)c1CCNC(=O)c1cc2ccccc2o1. The first-order valence-corrected chi connectivity index (χ1v) is 7.32. The van der Waals surface area contributed by atoms with Crippen LogP contribution in [0.3, 0.4) is 0 Å². The number of benzene rings is 1. The predicted molar refractivity (Wildman–Crippen MR) is 84.9 cm³/mol. The molecule has 0 aliphatic rings. The Hall–Kier alpha value is -2.56. The third-order valence-corrected chi connectivity index (χ3v) is 3.97. The first-order chi connectivity index (χ1) is 10.6. The molecule has 0 fully saturated rings. The highest BCUT2D eigenvalue weighted by atomic mass is 16.3. The number of rotatable bonds is 4. The number of aromatic nitrogens is 2. The lowest BCUT2D eigenvalue weighted by molar-refractivity contribution is 0.0928. The molecule has 1 aromatic carbocycles. The van der Waals surface area contributed by atoms with E-state index in [-0.39, 0.29) is 5.91 Å². The molecule has 1 amide bonds. The standard InChI is InChI=1S/C17H19N3O2/c1-11-14(12(2)20(3)19-11)8-9-18-17(21)16-10-13-6-4-5-7-15(13)22-16/h4-7,10H,8-9H2,1-3H3,(H,18,21). The molecule has 0 spiro atoms. The molecule has 0 aliphatic carbocycles. The summed E-state index contributed by atoms with van der Waals surface area (Å²) in [6, 6.07) is 9.37. The second-order valence-corrected chi connectivity index (χ2v) is 5.43. The Morgan fingerprint density at radius 3 is 2.77 bits per heavy atom. The molecule has 0 saturated heterocycles. The number of para-hydroxylation sites is 1. The van der Waals surface area contributed by atoms with Gasteiger partial charge >= 0.3 is 0 Å². The van der Waals surface area contributed by atoms with Crippen LogP contribution in [-0.4, -0.2) is 22.2 Å². The van der Waals surface area contributed by atoms with Crippen molar-refractivity contribution in [2.45, 2.75) is 20.3 Å². The van der Waals surface area contributed by atoms with Crippen molar-refractivity contribution in [3.63, 3.8) is 0 Å². The molecule has 5 heteroatoms. The van der Waals surface area contributed by atoms with Crippen molar-refractivity contribution >= 4 is 16.9 Å². The maximum Gasteiger partial charge on any atom is 0.287 e. The zero-order chi connectivity index (χ0) is 15.7. The summed E-state index contributed by atoms with van der Waals surface area (Å²) >= 11 is 0. The average molecular weight is 297 g/mol. The highest BCUT2D eigenvalue weighted by molar-refractivity contribution is 5.96. The number of carbonyl (C=O) groups excluding carboxylic acids is 1. The quantitative estimate of drug-likeness (QED) is 0.805. The van der Waals surface area contributed by atoms with E-state index in [4.69, 9.17) is 4.42 Å². The van der Waals surface area contributed by atoms with Gasteiger partial charge in [-0.2, -0.15) is 5.10 Å². The van der Waals surface area contributed by atoms with Crippen LogP contribution < -0.4 is 5.32 Å². The van der Waals surface area contributed by atoms with E-state index in [1.807, 2.05) is 49.8 Å². The van der Waals surface area contributed by atoms with E-state index in [0.717, 1.165) is 28.8 Å². The van der Waals surface area contributed by atoms with E-state index in [1.54, 1.807) is 6.07 Å². The van der Waals surface area contributed by atoms with Crippen LogP contribution in [0, 0.1) is 13.8 Å². The monoisotopic (exact) mass is 297 g/mol. The van der Waals surface area contributed by atoms with Crippen molar-refractivity contribution < 1.29 is 9.21 Å². The number of nitrogens with zero attached hydrogens (tertiary/aromatic N) is 2. The van der Waals surface area contributed by atoms with Crippen molar-refractivity contribution in [1.82, 2.24) is 15.1 Å². The van der Waals surface area contributed by atoms with Gasteiger partial charge in [0.15, 0.2) is 5.76 Å². The summed E-state index contributed by atoms with van der Waals surface area (Å²) in [4.78, 5) is 12.2. The van der Waals surface area contributed by atoms with Crippen LogP contribution in [0.2, 0.25) is 0 Å². The molecule has 114 valence electrons. The third kappa shape index (κ3) is 2.62. The second kappa shape index (κ2) is 5.67. The number of hydrogen-bond acceptors (Lipinski definition) is 3. The number of nitrogens with one attached hydrogen (secondary N) is 1. The van der Waals surface area contributed by atoms with Crippen LogP contribution >= 0.6 is 0 Å². The van der Waals surface area contributed by atoms with Gasteiger partial charge < -0.3 is 9.73 Å². The number of hydrogen-bond donors (Lipinski definition) is 1. The van der Waals surface area contributed by atoms with Crippen molar-refractivity contribution in [3.05, 3.63) is 53.0 Å². The van der Waals surface area contributed by atoms with Gasteiger partial charge in [0.2, 0.25) is 0 Å². The molecule has 5 nitrogen and oxygen atoms in total. The number of amides is 1. The number of furan rings is 1. The van der Waals surface area contributed by atoms with Crippen molar-refractivity contribution in [3.8, 4) is 0 Å². The molecule has 1 N–H and O–H groups in total. The summed E-state index contributed by atoms with van der Waals surface area (Å²) in [5, 5.41) is 8.22. The zero-order valence-electron chi connectivity index (χ0n) is 13.0. The first-order valence-electron chi connectivity index (χ1n) is 7.32. The zero-order valence-corrected chi connectivity index (χ0v) is 13.0. The van der Waals surface area contributed by atoms with Gasteiger partial charge in [0, 0.05) is 24.7 Å². The molecular weight excluding hydrogens is 278 g/mol. The van der Waals surface area contributed by atoms with Gasteiger partial charge in [0.25, 0.3) is 5.91 Å². The highest BCUT2D eigenvalue weighted by Crippen LogP contribution is 2.18.